The summed E-state index contributed by atoms with van der Waals surface area (Å²) in [6.45, 7) is 2.17. The van der Waals surface area contributed by atoms with Gasteiger partial charge in [-0.3, -0.25) is 9.10 Å². The SMILES string of the molecule is CCN1c2ccccc2C(c2ccccc2)=C(C(=O)NCCc2ccc(F)cc2)S1(=O)=O. The lowest BCUT2D eigenvalue weighted by Crippen LogP contribution is -2.41. The van der Waals surface area contributed by atoms with E-state index < -0.39 is 15.9 Å². The topological polar surface area (TPSA) is 66.5 Å². The van der Waals surface area contributed by atoms with Crippen molar-refractivity contribution < 1.29 is 17.6 Å². The van der Waals surface area contributed by atoms with Gasteiger partial charge in [0.15, 0.2) is 4.91 Å². The Hall–Kier alpha value is -3.45. The van der Waals surface area contributed by atoms with Crippen LogP contribution in [0.15, 0.2) is 83.8 Å². The number of hydrogen-bond acceptors (Lipinski definition) is 3. The summed E-state index contributed by atoms with van der Waals surface area (Å²) in [5, 5.41) is 2.75. The van der Waals surface area contributed by atoms with Gasteiger partial charge in [0.1, 0.15) is 5.82 Å². The van der Waals surface area contributed by atoms with Crippen molar-refractivity contribution in [2.45, 2.75) is 13.3 Å². The monoisotopic (exact) mass is 450 g/mol. The van der Waals surface area contributed by atoms with Crippen molar-refractivity contribution in [1.82, 2.24) is 5.32 Å². The second-order valence-corrected chi connectivity index (χ2v) is 9.19. The zero-order valence-electron chi connectivity index (χ0n) is 17.6. The predicted molar refractivity (Wildman–Crippen MR) is 124 cm³/mol. The van der Waals surface area contributed by atoms with Crippen LogP contribution in [0.2, 0.25) is 0 Å². The van der Waals surface area contributed by atoms with Crippen molar-refractivity contribution >= 4 is 27.2 Å². The maximum absolute atomic E-state index is 13.6. The number of rotatable bonds is 6. The summed E-state index contributed by atoms with van der Waals surface area (Å²) in [5.74, 6) is -0.985. The molecular formula is C25H23FN2O3S. The average molecular weight is 451 g/mol. The molecule has 0 saturated heterocycles. The molecule has 1 N–H and O–H groups in total. The highest BCUT2D eigenvalue weighted by molar-refractivity contribution is 7.97. The Labute approximate surface area is 187 Å². The molecule has 3 aromatic carbocycles. The lowest BCUT2D eigenvalue weighted by Gasteiger charge is -2.32. The quantitative estimate of drug-likeness (QED) is 0.615. The summed E-state index contributed by atoms with van der Waals surface area (Å²) in [4.78, 5) is 13.0. The number of para-hydroxylation sites is 1. The average Bonchev–Trinajstić information content (AvgIpc) is 2.79. The smallest absolute Gasteiger partial charge is 0.270 e. The number of sulfonamides is 1. The van der Waals surface area contributed by atoms with E-state index in [1.807, 2.05) is 30.3 Å². The molecule has 32 heavy (non-hydrogen) atoms. The van der Waals surface area contributed by atoms with Gasteiger partial charge < -0.3 is 5.32 Å². The minimum absolute atomic E-state index is 0.202. The normalized spacial score (nSPS) is 14.8. The Morgan fingerprint density at radius 2 is 1.59 bits per heavy atom. The standard InChI is InChI=1S/C25H23FN2O3S/c1-2-28-22-11-7-6-10-21(22)23(19-8-4-3-5-9-19)24(32(28,30)31)25(29)27-17-16-18-12-14-20(26)15-13-18/h3-15H,2,16-17H2,1H3,(H,27,29). The van der Waals surface area contributed by atoms with Crippen LogP contribution >= 0.6 is 0 Å². The van der Waals surface area contributed by atoms with Crippen LogP contribution in [0.4, 0.5) is 10.1 Å². The molecular weight excluding hydrogens is 427 g/mol. The van der Waals surface area contributed by atoms with E-state index in [1.54, 1.807) is 43.3 Å². The summed E-state index contributed by atoms with van der Waals surface area (Å²) >= 11 is 0. The number of carbonyl (C=O) groups excluding carboxylic acids is 1. The number of carbonyl (C=O) groups is 1. The molecule has 0 atom stereocenters. The third-order valence-electron chi connectivity index (χ3n) is 5.39. The van der Waals surface area contributed by atoms with Crippen LogP contribution in [0.3, 0.4) is 0 Å². The van der Waals surface area contributed by atoms with Gasteiger partial charge in [0, 0.05) is 24.2 Å². The van der Waals surface area contributed by atoms with Gasteiger partial charge in [-0.1, -0.05) is 60.7 Å². The second kappa shape index (κ2) is 8.96. The van der Waals surface area contributed by atoms with E-state index in [9.17, 15) is 17.6 Å². The number of fused-ring (bicyclic) bond motifs is 1. The highest BCUT2D eigenvalue weighted by atomic mass is 32.2. The molecule has 3 aromatic rings. The minimum atomic E-state index is -4.07. The molecule has 7 heteroatoms. The Morgan fingerprint density at radius 1 is 0.938 bits per heavy atom. The van der Waals surface area contributed by atoms with Gasteiger partial charge in [-0.25, -0.2) is 12.8 Å². The summed E-state index contributed by atoms with van der Waals surface area (Å²) < 4.78 is 41.5. The Morgan fingerprint density at radius 3 is 2.28 bits per heavy atom. The molecule has 0 fully saturated rings. The van der Waals surface area contributed by atoms with Crippen LogP contribution in [0.25, 0.3) is 5.57 Å². The van der Waals surface area contributed by atoms with E-state index >= 15 is 0 Å². The molecule has 1 aliphatic rings. The zero-order valence-corrected chi connectivity index (χ0v) is 18.4. The van der Waals surface area contributed by atoms with Gasteiger partial charge in [-0.15, -0.1) is 0 Å². The van der Waals surface area contributed by atoms with Crippen LogP contribution in [0.1, 0.15) is 23.6 Å². The van der Waals surface area contributed by atoms with Crippen molar-refractivity contribution in [2.75, 3.05) is 17.4 Å². The van der Waals surface area contributed by atoms with Crippen molar-refractivity contribution in [3.63, 3.8) is 0 Å². The molecule has 0 aliphatic carbocycles. The van der Waals surface area contributed by atoms with Crippen LogP contribution in [-0.2, 0) is 21.2 Å². The number of anilines is 1. The summed E-state index contributed by atoms with van der Waals surface area (Å²) in [7, 11) is -4.07. The van der Waals surface area contributed by atoms with Crippen molar-refractivity contribution in [3.05, 3.63) is 106 Å². The first-order valence-corrected chi connectivity index (χ1v) is 11.8. The first-order chi connectivity index (χ1) is 15.4. The van der Waals surface area contributed by atoms with Gasteiger partial charge >= 0.3 is 0 Å². The molecule has 0 saturated carbocycles. The second-order valence-electron chi connectivity index (χ2n) is 7.39. The van der Waals surface area contributed by atoms with Gasteiger partial charge in [0.25, 0.3) is 15.9 Å². The molecule has 0 unspecified atom stereocenters. The summed E-state index contributed by atoms with van der Waals surface area (Å²) in [5.41, 5.74) is 3.14. The Kier molecular flexibility index (Phi) is 6.10. The fourth-order valence-corrected chi connectivity index (χ4v) is 5.68. The van der Waals surface area contributed by atoms with Crippen molar-refractivity contribution in [3.8, 4) is 0 Å². The number of amides is 1. The molecule has 0 bridgehead atoms. The van der Waals surface area contributed by atoms with E-state index in [1.165, 1.54) is 16.4 Å². The van der Waals surface area contributed by atoms with Gasteiger partial charge in [0.05, 0.1) is 5.69 Å². The minimum Gasteiger partial charge on any atom is -0.351 e. The molecule has 1 heterocycles. The van der Waals surface area contributed by atoms with Crippen LogP contribution < -0.4 is 9.62 Å². The number of nitrogens with one attached hydrogen (secondary N) is 1. The highest BCUT2D eigenvalue weighted by Gasteiger charge is 2.40. The Bertz CT molecular complexity index is 1270. The molecule has 0 radical (unpaired) electrons. The maximum atomic E-state index is 13.6. The Balaban J connectivity index is 1.76. The van der Waals surface area contributed by atoms with E-state index in [-0.39, 0.29) is 23.8 Å². The lowest BCUT2D eigenvalue weighted by molar-refractivity contribution is -0.116. The molecule has 0 aromatic heterocycles. The third-order valence-corrected chi connectivity index (χ3v) is 7.33. The predicted octanol–water partition coefficient (Wildman–Crippen LogP) is 4.11. The van der Waals surface area contributed by atoms with Gasteiger partial charge in [-0.05, 0) is 42.7 Å². The number of nitrogens with zero attached hydrogens (tertiary/aromatic N) is 1. The van der Waals surface area contributed by atoms with E-state index in [0.717, 1.165) is 5.56 Å². The van der Waals surface area contributed by atoms with Crippen LogP contribution in [0.5, 0.6) is 0 Å². The number of halogens is 1. The van der Waals surface area contributed by atoms with E-state index in [4.69, 9.17) is 0 Å². The lowest BCUT2D eigenvalue weighted by atomic mass is 9.95. The van der Waals surface area contributed by atoms with Crippen molar-refractivity contribution in [2.24, 2.45) is 0 Å². The number of benzene rings is 3. The van der Waals surface area contributed by atoms with E-state index in [2.05, 4.69) is 5.32 Å². The highest BCUT2D eigenvalue weighted by Crippen LogP contribution is 2.42. The molecule has 0 spiro atoms. The fraction of sp³-hybridized carbons (Fsp3) is 0.160. The molecule has 164 valence electrons. The van der Waals surface area contributed by atoms with Crippen LogP contribution in [-0.4, -0.2) is 27.4 Å². The maximum Gasteiger partial charge on any atom is 0.270 e. The van der Waals surface area contributed by atoms with Gasteiger partial charge in [0.2, 0.25) is 0 Å². The molecule has 1 aliphatic heterocycles. The van der Waals surface area contributed by atoms with Gasteiger partial charge in [-0.2, -0.15) is 0 Å². The molecule has 5 nitrogen and oxygen atoms in total. The molecule has 4 rings (SSSR count). The molecule has 1 amide bonds. The summed E-state index contributed by atoms with van der Waals surface area (Å²) in [6.07, 6.45) is 0.452. The largest absolute Gasteiger partial charge is 0.351 e. The first-order valence-electron chi connectivity index (χ1n) is 10.4. The van der Waals surface area contributed by atoms with Crippen molar-refractivity contribution in [1.29, 1.82) is 0 Å². The third kappa shape index (κ3) is 4.03. The number of hydrogen-bond donors (Lipinski definition) is 1. The van der Waals surface area contributed by atoms with Crippen LogP contribution in [0, 0.1) is 5.82 Å². The summed E-state index contributed by atoms with van der Waals surface area (Å²) in [6, 6.07) is 22.3. The first kappa shape index (κ1) is 21.8. The fourth-order valence-electron chi connectivity index (χ4n) is 3.91. The van der Waals surface area contributed by atoms with E-state index in [0.29, 0.717) is 28.8 Å². The zero-order chi connectivity index (χ0) is 22.7.